The van der Waals surface area contributed by atoms with Gasteiger partial charge in [-0.05, 0) is 25.0 Å². The van der Waals surface area contributed by atoms with Crippen LogP contribution in [0.25, 0.3) is 0 Å². The maximum absolute atomic E-state index is 2.25. The van der Waals surface area contributed by atoms with Crippen LogP contribution in [-0.2, 0) is 12.8 Å². The van der Waals surface area contributed by atoms with Crippen molar-refractivity contribution in [1.82, 2.24) is 0 Å². The van der Waals surface area contributed by atoms with Crippen LogP contribution in [0.3, 0.4) is 0 Å². The second-order valence-electron chi connectivity index (χ2n) is 2.42. The number of fused-ring (bicyclic) bond motifs is 1. The Hall–Kier alpha value is -0.430. The first kappa shape index (κ1) is 5.36. The minimum atomic E-state index is 1.31. The molecule has 0 amide bonds. The van der Waals surface area contributed by atoms with E-state index in [1.807, 2.05) is 11.3 Å². The van der Waals surface area contributed by atoms with Gasteiger partial charge in [-0.15, -0.1) is 0 Å². The van der Waals surface area contributed by atoms with Crippen molar-refractivity contribution in [2.24, 2.45) is 0 Å². The Labute approximate surface area is 59.2 Å². The third-order valence-electron chi connectivity index (χ3n) is 1.79. The van der Waals surface area contributed by atoms with Crippen molar-refractivity contribution in [2.75, 3.05) is 0 Å². The Kier molecular flexibility index (Phi) is 1.23. The lowest BCUT2D eigenvalue weighted by molar-refractivity contribution is 0.916. The first-order chi connectivity index (χ1) is 4.47. The maximum atomic E-state index is 2.25. The Morgan fingerprint density at radius 1 is 1.33 bits per heavy atom. The van der Waals surface area contributed by atoms with Gasteiger partial charge in [0.1, 0.15) is 0 Å². The summed E-state index contributed by atoms with van der Waals surface area (Å²) < 4.78 is 0. The van der Waals surface area contributed by atoms with Crippen LogP contribution in [0.4, 0.5) is 0 Å². The third-order valence-corrected chi connectivity index (χ3v) is 2.84. The number of rotatable bonds is 0. The summed E-state index contributed by atoms with van der Waals surface area (Å²) in [5, 5.41) is 2.17. The highest BCUT2D eigenvalue weighted by Crippen LogP contribution is 2.24. The van der Waals surface area contributed by atoms with Crippen LogP contribution in [-0.4, -0.2) is 0 Å². The smallest absolute Gasteiger partial charge is 0.0488 e. The van der Waals surface area contributed by atoms with E-state index in [4.69, 9.17) is 0 Å². The summed E-state index contributed by atoms with van der Waals surface area (Å²) in [6.07, 6.45) is 4.00. The first-order valence-electron chi connectivity index (χ1n) is 3.35. The quantitative estimate of drug-likeness (QED) is 0.482. The SMILES string of the molecule is c1c[s+]c2c(c1)CCC2. The molecule has 1 aromatic rings. The summed E-state index contributed by atoms with van der Waals surface area (Å²) in [6, 6.07) is 4.40. The monoisotopic (exact) mass is 137 g/mol. The van der Waals surface area contributed by atoms with Crippen LogP contribution in [0, 0.1) is 0 Å². The van der Waals surface area contributed by atoms with Crippen LogP contribution in [0.1, 0.15) is 16.9 Å². The van der Waals surface area contributed by atoms with Gasteiger partial charge in [-0.25, -0.2) is 0 Å². The average molecular weight is 137 g/mol. The minimum Gasteiger partial charge on any atom is -0.0488 e. The van der Waals surface area contributed by atoms with E-state index in [1.165, 1.54) is 19.3 Å². The Balaban J connectivity index is 2.54. The molecule has 0 aromatic carbocycles. The molecule has 1 aromatic heterocycles. The molecule has 0 N–H and O–H groups in total. The van der Waals surface area contributed by atoms with Gasteiger partial charge < -0.3 is 0 Å². The van der Waals surface area contributed by atoms with Gasteiger partial charge >= 0.3 is 0 Å². The van der Waals surface area contributed by atoms with Gasteiger partial charge in [-0.3, -0.25) is 0 Å². The van der Waals surface area contributed by atoms with E-state index >= 15 is 0 Å². The average Bonchev–Trinajstić information content (AvgIpc) is 2.33. The molecule has 1 aliphatic carbocycles. The van der Waals surface area contributed by atoms with E-state index in [0.29, 0.717) is 0 Å². The summed E-state index contributed by atoms with van der Waals surface area (Å²) in [5.41, 5.74) is 1.59. The van der Waals surface area contributed by atoms with Crippen LogP contribution < -0.4 is 0 Å². The number of hydrogen-bond donors (Lipinski definition) is 0. The molecular formula is C8H9S+. The summed E-state index contributed by atoms with van der Waals surface area (Å²) in [4.78, 5) is 1.61. The summed E-state index contributed by atoms with van der Waals surface area (Å²) in [7, 11) is 0. The van der Waals surface area contributed by atoms with E-state index in [0.717, 1.165) is 0 Å². The lowest BCUT2D eigenvalue weighted by atomic mass is 10.3. The zero-order chi connectivity index (χ0) is 6.10. The molecular weight excluding hydrogens is 128 g/mol. The van der Waals surface area contributed by atoms with Gasteiger partial charge in [0.25, 0.3) is 0 Å². The highest BCUT2D eigenvalue weighted by molar-refractivity contribution is 7.09. The summed E-state index contributed by atoms with van der Waals surface area (Å²) in [6.45, 7) is 0. The van der Waals surface area contributed by atoms with Gasteiger partial charge in [-0.1, -0.05) is 0 Å². The van der Waals surface area contributed by atoms with Gasteiger partial charge in [0, 0.05) is 12.0 Å². The van der Waals surface area contributed by atoms with E-state index in [-0.39, 0.29) is 0 Å². The molecule has 9 heavy (non-hydrogen) atoms. The van der Waals surface area contributed by atoms with Crippen molar-refractivity contribution in [2.45, 2.75) is 19.3 Å². The maximum Gasteiger partial charge on any atom is 0.215 e. The fourth-order valence-electron chi connectivity index (χ4n) is 1.33. The zero-order valence-corrected chi connectivity index (χ0v) is 6.08. The molecule has 0 fully saturated rings. The lowest BCUT2D eigenvalue weighted by Gasteiger charge is -1.81. The second kappa shape index (κ2) is 2.07. The lowest BCUT2D eigenvalue weighted by Crippen LogP contribution is -1.73. The van der Waals surface area contributed by atoms with E-state index in [9.17, 15) is 0 Å². The number of aryl methyl sites for hydroxylation is 2. The molecule has 0 spiro atoms. The fourth-order valence-corrected chi connectivity index (χ4v) is 2.23. The molecule has 2 rings (SSSR count). The van der Waals surface area contributed by atoms with Gasteiger partial charge in [-0.2, -0.15) is 0 Å². The third kappa shape index (κ3) is 0.855. The molecule has 0 aliphatic heterocycles. The molecule has 1 heterocycles. The Morgan fingerprint density at radius 3 is 3.22 bits per heavy atom. The van der Waals surface area contributed by atoms with E-state index < -0.39 is 0 Å². The molecule has 0 saturated heterocycles. The second-order valence-corrected chi connectivity index (χ2v) is 3.42. The molecule has 0 unspecified atom stereocenters. The molecule has 0 nitrogen and oxygen atoms in total. The van der Waals surface area contributed by atoms with Crippen LogP contribution in [0.5, 0.6) is 0 Å². The molecule has 46 valence electrons. The van der Waals surface area contributed by atoms with Gasteiger partial charge in [0.05, 0.1) is 0 Å². The van der Waals surface area contributed by atoms with Gasteiger partial charge in [0.15, 0.2) is 5.38 Å². The first-order valence-corrected chi connectivity index (χ1v) is 4.23. The predicted octanol–water partition coefficient (Wildman–Crippen LogP) is 2.52. The normalized spacial score (nSPS) is 15.6. The van der Waals surface area contributed by atoms with Crippen LogP contribution in [0.15, 0.2) is 17.5 Å². The largest absolute Gasteiger partial charge is 0.215 e. The van der Waals surface area contributed by atoms with Crippen molar-refractivity contribution < 1.29 is 0 Å². The fraction of sp³-hybridized carbons (Fsp3) is 0.375. The predicted molar refractivity (Wildman–Crippen MR) is 40.8 cm³/mol. The molecule has 0 bridgehead atoms. The Morgan fingerprint density at radius 2 is 2.33 bits per heavy atom. The van der Waals surface area contributed by atoms with Gasteiger partial charge in [0.2, 0.25) is 16.2 Å². The molecule has 1 aliphatic rings. The molecule has 0 radical (unpaired) electrons. The minimum absolute atomic E-state index is 1.31. The summed E-state index contributed by atoms with van der Waals surface area (Å²) >= 11 is 1.90. The van der Waals surface area contributed by atoms with Crippen molar-refractivity contribution >= 4 is 11.3 Å². The zero-order valence-electron chi connectivity index (χ0n) is 5.26. The summed E-state index contributed by atoms with van der Waals surface area (Å²) in [5.74, 6) is 0. The highest BCUT2D eigenvalue weighted by atomic mass is 32.1. The Bertz CT molecular complexity index is 195. The van der Waals surface area contributed by atoms with Crippen LogP contribution in [0.2, 0.25) is 0 Å². The van der Waals surface area contributed by atoms with Crippen molar-refractivity contribution in [3.05, 3.63) is 28.0 Å². The van der Waals surface area contributed by atoms with E-state index in [2.05, 4.69) is 17.5 Å². The van der Waals surface area contributed by atoms with Crippen LogP contribution >= 0.6 is 11.3 Å². The van der Waals surface area contributed by atoms with Crippen molar-refractivity contribution in [3.63, 3.8) is 0 Å². The number of hydrogen-bond acceptors (Lipinski definition) is 0. The highest BCUT2D eigenvalue weighted by Gasteiger charge is 2.17. The van der Waals surface area contributed by atoms with E-state index in [1.54, 1.807) is 10.4 Å². The van der Waals surface area contributed by atoms with Crippen molar-refractivity contribution in [3.8, 4) is 0 Å². The topological polar surface area (TPSA) is 0 Å². The molecule has 0 saturated carbocycles. The standard InChI is InChI=1S/C8H9S/c1-3-7-4-2-6-9-8(7)5-1/h2,4,6H,1,3,5H2/q+1. The van der Waals surface area contributed by atoms with Crippen molar-refractivity contribution in [1.29, 1.82) is 0 Å². The molecule has 1 heteroatoms. The molecule has 0 atom stereocenters.